The molecule has 4 heteroatoms. The van der Waals surface area contributed by atoms with Crippen LogP contribution in [0.3, 0.4) is 0 Å². The summed E-state index contributed by atoms with van der Waals surface area (Å²) in [5, 5.41) is 1.000. The molecule has 0 fully saturated rings. The largest absolute Gasteiger partial charge is 1.00 e. The summed E-state index contributed by atoms with van der Waals surface area (Å²) in [7, 11) is 0.710. The normalized spacial score (nSPS) is 11.5. The molecule has 0 spiro atoms. The summed E-state index contributed by atoms with van der Waals surface area (Å²) in [6, 6.07) is 12.2. The maximum atomic E-state index is 12.9. The molecule has 146 valence electrons. The Hall–Kier alpha value is -1.06. The van der Waals surface area contributed by atoms with Gasteiger partial charge in [0.25, 0.3) is 0 Å². The molecule has 0 heterocycles. The van der Waals surface area contributed by atoms with Crippen molar-refractivity contribution < 1.29 is 28.4 Å². The summed E-state index contributed by atoms with van der Waals surface area (Å²) < 4.78 is 5.75. The van der Waals surface area contributed by atoms with Gasteiger partial charge in [-0.2, -0.15) is 5.30 Å². The van der Waals surface area contributed by atoms with Crippen molar-refractivity contribution in [2.75, 3.05) is 6.61 Å². The summed E-state index contributed by atoms with van der Waals surface area (Å²) >= 11 is 0. The van der Waals surface area contributed by atoms with Gasteiger partial charge in [-0.15, -0.1) is 0 Å². The molecule has 0 amide bonds. The number of benzene rings is 2. The minimum atomic E-state index is 0. The zero-order valence-electron chi connectivity index (χ0n) is 18.6. The van der Waals surface area contributed by atoms with Gasteiger partial charge >= 0.3 is 18.9 Å². The molecule has 28 heavy (non-hydrogen) atoms. The van der Waals surface area contributed by atoms with Crippen LogP contribution in [0.5, 0.6) is 5.75 Å². The molecule has 0 atom stereocenters. The summed E-state index contributed by atoms with van der Waals surface area (Å²) in [4.78, 5) is 12.9. The van der Waals surface area contributed by atoms with Gasteiger partial charge in [-0.3, -0.25) is 0 Å². The van der Waals surface area contributed by atoms with E-state index in [0.29, 0.717) is 8.58 Å². The van der Waals surface area contributed by atoms with Crippen LogP contribution in [0, 0.1) is 13.8 Å². The van der Waals surface area contributed by atoms with Crippen LogP contribution < -0.4 is 28.9 Å². The molecule has 2 aromatic carbocycles. The van der Waals surface area contributed by atoms with Crippen molar-refractivity contribution in [3.63, 3.8) is 0 Å². The quantitative estimate of drug-likeness (QED) is 0.391. The average molecular weight is 390 g/mol. The topological polar surface area (TPSA) is 26.3 Å². The Morgan fingerprint density at radius 1 is 1.00 bits per heavy atom. The third kappa shape index (κ3) is 7.08. The van der Waals surface area contributed by atoms with Gasteiger partial charge in [-0.25, -0.2) is 0 Å². The van der Waals surface area contributed by atoms with Gasteiger partial charge in [0.15, 0.2) is 0 Å². The van der Waals surface area contributed by atoms with E-state index in [1.165, 1.54) is 18.4 Å². The van der Waals surface area contributed by atoms with Crippen LogP contribution in [-0.4, -0.2) is 12.1 Å². The number of carbonyl (C=O) groups is 1. The Kier molecular flexibility index (Phi) is 10.00. The summed E-state index contributed by atoms with van der Waals surface area (Å²) in [5.41, 5.74) is 4.49. The fraction of sp³-hybridized carbons (Fsp3) is 0.458. The fourth-order valence-electron chi connectivity index (χ4n) is 3.07. The van der Waals surface area contributed by atoms with Crippen LogP contribution in [0.4, 0.5) is 0 Å². The van der Waals surface area contributed by atoms with E-state index in [-0.39, 0.29) is 29.8 Å². The van der Waals surface area contributed by atoms with Crippen molar-refractivity contribution >= 4 is 19.4 Å². The SMILES string of the molecule is CCCCCOc1ccc([P-]C(=O)c2c(C)cc(C(C)(C)C)cc2C)cc1.[Li+]. The second kappa shape index (κ2) is 11.2. The molecule has 2 aromatic rings. The molecule has 2 nitrogen and oxygen atoms in total. The maximum absolute atomic E-state index is 12.9. The molecule has 0 N–H and O–H groups in total. The first-order valence-corrected chi connectivity index (χ1v) is 10.7. The molecule has 0 radical (unpaired) electrons. The van der Waals surface area contributed by atoms with E-state index < -0.39 is 0 Å². The van der Waals surface area contributed by atoms with Crippen molar-refractivity contribution in [3.8, 4) is 5.75 Å². The summed E-state index contributed by atoms with van der Waals surface area (Å²) in [6.07, 6.45) is 3.47. The molecule has 0 aliphatic heterocycles. The monoisotopic (exact) mass is 390 g/mol. The number of ether oxygens (including phenoxy) is 1. The predicted molar refractivity (Wildman–Crippen MR) is 117 cm³/mol. The maximum Gasteiger partial charge on any atom is 1.00 e. The van der Waals surface area contributed by atoms with Crippen LogP contribution in [-0.2, 0) is 5.41 Å². The van der Waals surface area contributed by atoms with Gasteiger partial charge in [-0.05, 0) is 60.1 Å². The molecule has 0 saturated carbocycles. The van der Waals surface area contributed by atoms with Crippen LogP contribution in [0.1, 0.15) is 74.0 Å². The van der Waals surface area contributed by atoms with E-state index in [0.717, 1.165) is 40.8 Å². The number of carbonyl (C=O) groups excluding carboxylic acids is 1. The van der Waals surface area contributed by atoms with Crippen molar-refractivity contribution in [2.45, 2.75) is 66.2 Å². The smallest absolute Gasteiger partial charge is 0.494 e. The number of rotatable bonds is 8. The Morgan fingerprint density at radius 3 is 2.07 bits per heavy atom. The average Bonchev–Trinajstić information content (AvgIpc) is 2.58. The van der Waals surface area contributed by atoms with Gasteiger partial charge in [0, 0.05) is 5.52 Å². The first-order valence-electron chi connectivity index (χ1n) is 9.83. The van der Waals surface area contributed by atoms with Crippen molar-refractivity contribution in [3.05, 3.63) is 58.7 Å². The Morgan fingerprint density at radius 2 is 1.57 bits per heavy atom. The van der Waals surface area contributed by atoms with Crippen LogP contribution in [0.15, 0.2) is 36.4 Å². The summed E-state index contributed by atoms with van der Waals surface area (Å²) in [6.45, 7) is 13.6. The second-order valence-corrected chi connectivity index (χ2v) is 9.35. The molecular weight excluding hydrogens is 358 g/mol. The number of hydrogen-bond donors (Lipinski definition) is 0. The number of unbranched alkanes of at least 4 members (excludes halogenated alkanes) is 2. The standard InChI is InChI=1S/C24H32O2P.Li/c1-7-8-9-14-26-20-10-12-21(13-11-20)27-23(25)22-17(2)15-19(16-18(22)3)24(4,5)6;/h10-13,15-16H,7-9,14H2,1-6H3;/q-1;+1. The molecule has 2 rings (SSSR count). The zero-order valence-corrected chi connectivity index (χ0v) is 19.5. The first kappa shape index (κ1) is 25.0. The summed E-state index contributed by atoms with van der Waals surface area (Å²) in [5.74, 6) is 0.874. The van der Waals surface area contributed by atoms with Crippen LogP contribution in [0.2, 0.25) is 0 Å². The van der Waals surface area contributed by atoms with Gasteiger partial charge in [0.1, 0.15) is 5.75 Å². The molecule has 0 unspecified atom stereocenters. The third-order valence-corrected chi connectivity index (χ3v) is 5.68. The third-order valence-electron chi connectivity index (χ3n) is 4.70. The molecule has 0 aromatic heterocycles. The molecular formula is C24H32LiO2P. The molecule has 0 saturated heterocycles. The van der Waals surface area contributed by atoms with Gasteiger partial charge in [-0.1, -0.05) is 64.8 Å². The van der Waals surface area contributed by atoms with E-state index in [4.69, 9.17) is 4.74 Å². The van der Waals surface area contributed by atoms with Gasteiger partial charge in [0.2, 0.25) is 0 Å². The predicted octanol–water partition coefficient (Wildman–Crippen LogP) is 3.59. The van der Waals surface area contributed by atoms with Crippen molar-refractivity contribution in [1.82, 2.24) is 0 Å². The Balaban J connectivity index is 0.00000392. The number of aryl methyl sites for hydroxylation is 2. The van der Waals surface area contributed by atoms with Crippen LogP contribution in [0.25, 0.3) is 0 Å². The fourth-order valence-corrected chi connectivity index (χ4v) is 4.06. The van der Waals surface area contributed by atoms with Crippen molar-refractivity contribution in [1.29, 1.82) is 0 Å². The first-order chi connectivity index (χ1) is 12.7. The van der Waals surface area contributed by atoms with E-state index in [1.807, 2.05) is 38.1 Å². The Bertz CT molecular complexity index is 753. The molecule has 0 aliphatic carbocycles. The van der Waals surface area contributed by atoms with Gasteiger partial charge < -0.3 is 18.1 Å². The van der Waals surface area contributed by atoms with Crippen molar-refractivity contribution in [2.24, 2.45) is 0 Å². The van der Waals surface area contributed by atoms with Crippen LogP contribution >= 0.6 is 8.58 Å². The second-order valence-electron chi connectivity index (χ2n) is 8.20. The minimum Gasteiger partial charge on any atom is -0.494 e. The van der Waals surface area contributed by atoms with E-state index in [1.54, 1.807) is 0 Å². The number of hydrogen-bond acceptors (Lipinski definition) is 2. The molecule has 0 bridgehead atoms. The van der Waals surface area contributed by atoms with Gasteiger partial charge in [0.05, 0.1) is 6.61 Å². The van der Waals surface area contributed by atoms with E-state index in [2.05, 4.69) is 39.8 Å². The minimum absolute atomic E-state index is 0. The molecule has 0 aliphatic rings. The van der Waals surface area contributed by atoms with E-state index >= 15 is 0 Å². The van der Waals surface area contributed by atoms with E-state index in [9.17, 15) is 4.79 Å². The Labute approximate surface area is 184 Å². The zero-order chi connectivity index (χ0) is 20.0.